The Kier molecular flexibility index (Phi) is 4.91. The smallest absolute Gasteiger partial charge is 0.303 e. The van der Waals surface area contributed by atoms with Crippen LogP contribution in [0, 0.1) is 0 Å². The summed E-state index contributed by atoms with van der Waals surface area (Å²) in [5.41, 5.74) is 0.982. The normalized spacial score (nSPS) is 30.7. The molecule has 5 atom stereocenters. The molecule has 11 heteroatoms. The molecule has 0 radical (unpaired) electrons. The molecular formula is C16H21N5O6. The first kappa shape index (κ1) is 18.0. The molecule has 0 spiro atoms. The Hall–Kier alpha value is -2.34. The molecule has 27 heavy (non-hydrogen) atoms. The van der Waals surface area contributed by atoms with Gasteiger partial charge in [0.2, 0.25) is 0 Å². The van der Waals surface area contributed by atoms with Gasteiger partial charge in [0.15, 0.2) is 29.3 Å². The summed E-state index contributed by atoms with van der Waals surface area (Å²) < 4.78 is 17.9. The average molecular weight is 379 g/mol. The van der Waals surface area contributed by atoms with E-state index in [1.54, 1.807) is 4.57 Å². The van der Waals surface area contributed by atoms with E-state index >= 15 is 0 Å². The molecule has 0 aliphatic carbocycles. The number of anilines is 1. The number of fused-ring (bicyclic) bond motifs is 1. The van der Waals surface area contributed by atoms with E-state index in [4.69, 9.17) is 14.2 Å². The highest BCUT2D eigenvalue weighted by atomic mass is 16.6. The van der Waals surface area contributed by atoms with Crippen molar-refractivity contribution in [3.05, 3.63) is 12.7 Å². The minimum Gasteiger partial charge on any atom is -0.455 e. The van der Waals surface area contributed by atoms with E-state index in [2.05, 4.69) is 20.3 Å². The van der Waals surface area contributed by atoms with Gasteiger partial charge in [-0.25, -0.2) is 15.0 Å². The van der Waals surface area contributed by atoms with Crippen LogP contribution in [0.4, 0.5) is 5.82 Å². The Balaban J connectivity index is 1.67. The minimum absolute atomic E-state index is 0.144. The first-order chi connectivity index (χ1) is 13.1. The molecule has 4 heterocycles. The van der Waals surface area contributed by atoms with Crippen LogP contribution in [0.1, 0.15) is 19.6 Å². The van der Waals surface area contributed by atoms with E-state index in [0.717, 1.165) is 6.42 Å². The van der Waals surface area contributed by atoms with E-state index in [1.165, 1.54) is 19.6 Å². The van der Waals surface area contributed by atoms with Gasteiger partial charge in [-0.15, -0.1) is 0 Å². The molecule has 0 bridgehead atoms. The lowest BCUT2D eigenvalue weighted by atomic mass is 10.1. The summed E-state index contributed by atoms with van der Waals surface area (Å²) in [7, 11) is 0. The fourth-order valence-corrected chi connectivity index (χ4v) is 3.40. The zero-order valence-electron chi connectivity index (χ0n) is 14.7. The van der Waals surface area contributed by atoms with Crippen molar-refractivity contribution in [2.75, 3.05) is 25.1 Å². The molecule has 3 N–H and O–H groups in total. The second kappa shape index (κ2) is 7.35. The molecule has 2 aliphatic heterocycles. The molecule has 11 nitrogen and oxygen atoms in total. The van der Waals surface area contributed by atoms with Crippen LogP contribution in [0.2, 0.25) is 0 Å². The highest BCUT2D eigenvalue weighted by Crippen LogP contribution is 2.34. The highest BCUT2D eigenvalue weighted by molar-refractivity contribution is 5.82. The van der Waals surface area contributed by atoms with Gasteiger partial charge in [-0.05, 0) is 6.42 Å². The van der Waals surface area contributed by atoms with Gasteiger partial charge < -0.3 is 29.7 Å². The van der Waals surface area contributed by atoms with Crippen LogP contribution in [-0.4, -0.2) is 79.9 Å². The van der Waals surface area contributed by atoms with Crippen molar-refractivity contribution in [2.24, 2.45) is 0 Å². The lowest BCUT2D eigenvalue weighted by Crippen LogP contribution is -2.36. The van der Waals surface area contributed by atoms with Gasteiger partial charge in [-0.1, -0.05) is 0 Å². The Labute approximate surface area is 154 Å². The number of aromatic nitrogens is 4. The molecule has 2 fully saturated rings. The number of aliphatic hydroxyl groups excluding tert-OH is 2. The number of rotatable bonds is 5. The molecule has 0 aromatic carbocycles. The highest BCUT2D eigenvalue weighted by Gasteiger charge is 2.47. The third-order valence-corrected chi connectivity index (χ3v) is 4.70. The number of nitrogens with one attached hydrogen (secondary N) is 1. The Morgan fingerprint density at radius 3 is 3.00 bits per heavy atom. The molecule has 2 unspecified atom stereocenters. The first-order valence-electron chi connectivity index (χ1n) is 8.72. The van der Waals surface area contributed by atoms with Crippen molar-refractivity contribution in [1.82, 2.24) is 19.5 Å². The standard InChI is InChI=1S/C16H21N5O6/c1-8(23)26-13-12(24)10(4-22)27-16(13)21-7-19-11-14(17-6-18-15(11)21)20-9-2-3-25-5-9/h6-7,9-10,12-13,16,22,24H,2-5H2,1H3,(H,17,18,20)/t9?,10-,12-,13-,16?/m1/s1. The second-order valence-electron chi connectivity index (χ2n) is 6.56. The van der Waals surface area contributed by atoms with Crippen LogP contribution in [0.5, 0.6) is 0 Å². The molecule has 2 saturated heterocycles. The monoisotopic (exact) mass is 379 g/mol. The topological polar surface area (TPSA) is 141 Å². The quantitative estimate of drug-likeness (QED) is 0.566. The minimum atomic E-state index is -1.17. The first-order valence-corrected chi connectivity index (χ1v) is 8.72. The fraction of sp³-hybridized carbons (Fsp3) is 0.625. The molecule has 2 aromatic heterocycles. The van der Waals surface area contributed by atoms with Gasteiger partial charge in [-0.3, -0.25) is 9.36 Å². The van der Waals surface area contributed by atoms with E-state index in [9.17, 15) is 15.0 Å². The number of nitrogens with zero attached hydrogens (tertiary/aromatic N) is 4. The van der Waals surface area contributed by atoms with Gasteiger partial charge >= 0.3 is 5.97 Å². The number of hydrogen-bond donors (Lipinski definition) is 3. The summed E-state index contributed by atoms with van der Waals surface area (Å²) in [5.74, 6) is 0.00409. The summed E-state index contributed by atoms with van der Waals surface area (Å²) in [6.45, 7) is 2.12. The number of aliphatic hydroxyl groups is 2. The predicted molar refractivity (Wildman–Crippen MR) is 90.7 cm³/mol. The zero-order valence-corrected chi connectivity index (χ0v) is 14.7. The summed E-state index contributed by atoms with van der Waals surface area (Å²) in [4.78, 5) is 24.3. The number of hydrogen-bond acceptors (Lipinski definition) is 10. The van der Waals surface area contributed by atoms with Crippen molar-refractivity contribution in [3.63, 3.8) is 0 Å². The van der Waals surface area contributed by atoms with Gasteiger partial charge in [0.25, 0.3) is 0 Å². The number of imidazole rings is 1. The number of ether oxygens (including phenoxy) is 3. The Morgan fingerprint density at radius 1 is 1.44 bits per heavy atom. The summed E-state index contributed by atoms with van der Waals surface area (Å²) >= 11 is 0. The molecule has 0 saturated carbocycles. The van der Waals surface area contributed by atoms with Crippen LogP contribution in [0.25, 0.3) is 11.2 Å². The largest absolute Gasteiger partial charge is 0.455 e. The van der Waals surface area contributed by atoms with Crippen LogP contribution in [0.15, 0.2) is 12.7 Å². The molecule has 146 valence electrons. The van der Waals surface area contributed by atoms with Crippen LogP contribution in [0.3, 0.4) is 0 Å². The van der Waals surface area contributed by atoms with E-state index < -0.39 is 37.1 Å². The SMILES string of the molecule is CC(=O)O[C@H]1C(n2cnc3c(NC4CCOC4)ncnc32)O[C@H](CO)[C@H]1O. The van der Waals surface area contributed by atoms with Crippen LogP contribution < -0.4 is 5.32 Å². The maximum atomic E-state index is 11.4. The maximum Gasteiger partial charge on any atom is 0.303 e. The van der Waals surface area contributed by atoms with E-state index in [0.29, 0.717) is 30.2 Å². The molecule has 0 amide bonds. The number of esters is 1. The van der Waals surface area contributed by atoms with E-state index in [-0.39, 0.29) is 6.04 Å². The van der Waals surface area contributed by atoms with Crippen molar-refractivity contribution in [1.29, 1.82) is 0 Å². The van der Waals surface area contributed by atoms with E-state index in [1.807, 2.05) is 0 Å². The van der Waals surface area contributed by atoms with Crippen molar-refractivity contribution < 1.29 is 29.2 Å². The molecule has 2 aliphatic rings. The summed E-state index contributed by atoms with van der Waals surface area (Å²) in [5, 5.41) is 23.0. The lowest BCUT2D eigenvalue weighted by Gasteiger charge is -2.21. The molecule has 2 aromatic rings. The third-order valence-electron chi connectivity index (χ3n) is 4.70. The Morgan fingerprint density at radius 2 is 2.30 bits per heavy atom. The van der Waals surface area contributed by atoms with Crippen LogP contribution >= 0.6 is 0 Å². The lowest BCUT2D eigenvalue weighted by molar-refractivity contribution is -0.155. The summed E-state index contributed by atoms with van der Waals surface area (Å²) in [6, 6.07) is 0.144. The van der Waals surface area contributed by atoms with Crippen LogP contribution in [-0.2, 0) is 19.0 Å². The predicted octanol–water partition coefficient (Wildman–Crippen LogP) is -0.791. The van der Waals surface area contributed by atoms with Gasteiger partial charge in [0.1, 0.15) is 18.5 Å². The average Bonchev–Trinajstić information content (AvgIpc) is 3.36. The zero-order chi connectivity index (χ0) is 19.0. The molecule has 4 rings (SSSR count). The molecular weight excluding hydrogens is 358 g/mol. The summed E-state index contributed by atoms with van der Waals surface area (Å²) in [6.07, 6.45) is -0.160. The van der Waals surface area contributed by atoms with Crippen molar-refractivity contribution >= 4 is 23.0 Å². The van der Waals surface area contributed by atoms with Crippen molar-refractivity contribution in [2.45, 2.75) is 43.9 Å². The number of carbonyl (C=O) groups excluding carboxylic acids is 1. The fourth-order valence-electron chi connectivity index (χ4n) is 3.40. The second-order valence-corrected chi connectivity index (χ2v) is 6.56. The van der Waals surface area contributed by atoms with Gasteiger partial charge in [-0.2, -0.15) is 0 Å². The van der Waals surface area contributed by atoms with Gasteiger partial charge in [0, 0.05) is 13.5 Å². The van der Waals surface area contributed by atoms with Crippen molar-refractivity contribution in [3.8, 4) is 0 Å². The maximum absolute atomic E-state index is 11.4. The Bertz CT molecular complexity index is 823. The van der Waals surface area contributed by atoms with Gasteiger partial charge in [0.05, 0.1) is 25.6 Å². The third kappa shape index (κ3) is 3.34. The number of carbonyl (C=O) groups is 1.